The molecule has 2 aromatic rings. The third kappa shape index (κ3) is 4.66. The molecule has 2 heterocycles. The van der Waals surface area contributed by atoms with E-state index in [9.17, 15) is 21.6 Å². The summed E-state index contributed by atoms with van der Waals surface area (Å²) in [5.41, 5.74) is -0.399. The van der Waals surface area contributed by atoms with E-state index in [-0.39, 0.29) is 18.0 Å². The van der Waals surface area contributed by atoms with Gasteiger partial charge in [0.1, 0.15) is 11.9 Å². The van der Waals surface area contributed by atoms with E-state index in [4.69, 9.17) is 0 Å². The van der Waals surface area contributed by atoms with Crippen LogP contribution in [0.4, 0.5) is 13.2 Å². The zero-order valence-corrected chi connectivity index (χ0v) is 12.7. The van der Waals surface area contributed by atoms with Crippen LogP contribution >= 0.6 is 0 Å². The maximum Gasteiger partial charge on any atom is 0.434 e. The molecule has 11 heteroatoms. The molecule has 0 aromatic carbocycles. The third-order valence-electron chi connectivity index (χ3n) is 2.83. The summed E-state index contributed by atoms with van der Waals surface area (Å²) in [6.45, 7) is 0.0785. The smallest absolute Gasteiger partial charge is 0.273 e. The van der Waals surface area contributed by atoms with E-state index < -0.39 is 22.0 Å². The maximum absolute atomic E-state index is 12.4. The highest BCUT2D eigenvalue weighted by molar-refractivity contribution is 7.86. The molecule has 2 rings (SSSR count). The first-order chi connectivity index (χ1) is 10.7. The Balaban J connectivity index is 2.10. The Morgan fingerprint density at radius 2 is 1.96 bits per heavy atom. The molecular formula is C12H12F3N4O3S+. The van der Waals surface area contributed by atoms with E-state index in [0.717, 1.165) is 13.3 Å². The molecule has 0 aliphatic carbocycles. The van der Waals surface area contributed by atoms with Gasteiger partial charge in [0.05, 0.1) is 25.2 Å². The minimum atomic E-state index is -4.55. The van der Waals surface area contributed by atoms with Gasteiger partial charge in [-0.3, -0.25) is 9.17 Å². The molecule has 0 N–H and O–H groups in total. The average molecular weight is 349 g/mol. The summed E-state index contributed by atoms with van der Waals surface area (Å²) in [5, 5.41) is 3.97. The highest BCUT2D eigenvalue weighted by atomic mass is 32.2. The van der Waals surface area contributed by atoms with Crippen molar-refractivity contribution in [3.05, 3.63) is 36.5 Å². The first kappa shape index (κ1) is 17.2. The van der Waals surface area contributed by atoms with Crippen molar-refractivity contribution < 1.29 is 30.5 Å². The predicted octanol–water partition coefficient (Wildman–Crippen LogP) is 0.821. The Morgan fingerprint density at radius 3 is 2.43 bits per heavy atom. The molecule has 0 amide bonds. The van der Waals surface area contributed by atoms with E-state index in [1.165, 1.54) is 17.1 Å². The minimum absolute atomic E-state index is 0.0785. The molecule has 124 valence electrons. The second-order valence-electron chi connectivity index (χ2n) is 4.39. The van der Waals surface area contributed by atoms with Crippen LogP contribution in [0.3, 0.4) is 0 Å². The summed E-state index contributed by atoms with van der Waals surface area (Å²) in [5.74, 6) is -0.249. The zero-order chi connectivity index (χ0) is 17.1. The summed E-state index contributed by atoms with van der Waals surface area (Å²) in [4.78, 5) is 7.01. The molecule has 7 nitrogen and oxygen atoms in total. The third-order valence-corrected chi connectivity index (χ3v) is 4.02. The lowest BCUT2D eigenvalue weighted by Crippen LogP contribution is -2.40. The van der Waals surface area contributed by atoms with Gasteiger partial charge in [0.25, 0.3) is 10.1 Å². The van der Waals surface area contributed by atoms with E-state index in [1.54, 1.807) is 6.07 Å². The number of aryl methyl sites for hydroxylation is 1. The molecule has 0 unspecified atom stereocenters. The lowest BCUT2D eigenvalue weighted by Gasteiger charge is -2.05. The number of halogens is 3. The number of hydrogen-bond donors (Lipinski definition) is 0. The SMILES string of the molecule is COS(=O)(=O)CC[n+]1ccc(-c2cnc(C(F)(F)F)cn2)cn1. The first-order valence-electron chi connectivity index (χ1n) is 6.25. The van der Waals surface area contributed by atoms with Gasteiger partial charge in [-0.1, -0.05) is 4.68 Å². The molecule has 0 aliphatic heterocycles. The molecule has 0 atom stereocenters. The lowest BCUT2D eigenvalue weighted by molar-refractivity contribution is -0.750. The van der Waals surface area contributed by atoms with Gasteiger partial charge in [0.15, 0.2) is 18.4 Å². The fourth-order valence-electron chi connectivity index (χ4n) is 1.58. The lowest BCUT2D eigenvalue weighted by atomic mass is 10.2. The van der Waals surface area contributed by atoms with Crippen molar-refractivity contribution in [1.82, 2.24) is 15.1 Å². The summed E-state index contributed by atoms with van der Waals surface area (Å²) >= 11 is 0. The Bertz CT molecular complexity index is 762. The molecule has 0 fully saturated rings. The van der Waals surface area contributed by atoms with Crippen LogP contribution in [0.2, 0.25) is 0 Å². The van der Waals surface area contributed by atoms with Crippen LogP contribution in [-0.4, -0.2) is 36.3 Å². The van der Waals surface area contributed by atoms with Gasteiger partial charge in [0.2, 0.25) is 0 Å². The Kier molecular flexibility index (Phi) is 4.90. The van der Waals surface area contributed by atoms with Gasteiger partial charge < -0.3 is 0 Å². The molecule has 2 aromatic heterocycles. The quantitative estimate of drug-likeness (QED) is 0.587. The number of aromatic nitrogens is 4. The predicted molar refractivity (Wildman–Crippen MR) is 71.3 cm³/mol. The molecule has 0 saturated carbocycles. The average Bonchev–Trinajstić information content (AvgIpc) is 2.53. The summed E-state index contributed by atoms with van der Waals surface area (Å²) in [6.07, 6.45) is -0.0615. The van der Waals surface area contributed by atoms with E-state index in [2.05, 4.69) is 19.2 Å². The van der Waals surface area contributed by atoms with Crippen LogP contribution in [0.1, 0.15) is 5.69 Å². The minimum Gasteiger partial charge on any atom is -0.273 e. The molecule has 0 spiro atoms. The van der Waals surface area contributed by atoms with Gasteiger partial charge in [-0.05, 0) is 5.10 Å². The fraction of sp³-hybridized carbons (Fsp3) is 0.333. The summed E-state index contributed by atoms with van der Waals surface area (Å²) < 4.78 is 65.3. The zero-order valence-electron chi connectivity index (χ0n) is 11.9. The van der Waals surface area contributed by atoms with Crippen LogP contribution in [-0.2, 0) is 27.0 Å². The van der Waals surface area contributed by atoms with Gasteiger partial charge in [0, 0.05) is 11.6 Å². The summed E-state index contributed by atoms with van der Waals surface area (Å²) in [6, 6.07) is 1.55. The summed E-state index contributed by atoms with van der Waals surface area (Å²) in [7, 11) is -2.52. The number of rotatable bonds is 5. The molecule has 0 radical (unpaired) electrons. The maximum atomic E-state index is 12.4. The fourth-order valence-corrected chi connectivity index (χ4v) is 2.16. The second kappa shape index (κ2) is 6.54. The number of nitrogens with zero attached hydrogens (tertiary/aromatic N) is 4. The molecular weight excluding hydrogens is 337 g/mol. The largest absolute Gasteiger partial charge is 0.434 e. The highest BCUT2D eigenvalue weighted by Crippen LogP contribution is 2.27. The van der Waals surface area contributed by atoms with Crippen LogP contribution in [0.15, 0.2) is 30.9 Å². The molecule has 0 saturated heterocycles. The van der Waals surface area contributed by atoms with Crippen LogP contribution in [0, 0.1) is 0 Å². The molecule has 0 aliphatic rings. The highest BCUT2D eigenvalue weighted by Gasteiger charge is 2.32. The van der Waals surface area contributed by atoms with Gasteiger partial charge in [-0.25, -0.2) is 4.98 Å². The van der Waals surface area contributed by atoms with E-state index in [1.807, 2.05) is 0 Å². The van der Waals surface area contributed by atoms with Crippen molar-refractivity contribution in [2.75, 3.05) is 12.9 Å². The van der Waals surface area contributed by atoms with Crippen LogP contribution in [0.25, 0.3) is 11.3 Å². The molecule has 0 bridgehead atoms. The van der Waals surface area contributed by atoms with E-state index >= 15 is 0 Å². The standard InChI is InChI=1S/C12H12F3N4O3S/c1-22-23(20,21)5-4-19-3-2-9(6-18-19)10-7-17-11(8-16-10)12(13,14)15/h2-3,6-8H,4-5H2,1H3/q+1. The topological polar surface area (TPSA) is 85.9 Å². The van der Waals surface area contributed by atoms with Crippen molar-refractivity contribution in [2.45, 2.75) is 12.7 Å². The molecule has 23 heavy (non-hydrogen) atoms. The van der Waals surface area contributed by atoms with Crippen LogP contribution in [0.5, 0.6) is 0 Å². The Morgan fingerprint density at radius 1 is 1.22 bits per heavy atom. The van der Waals surface area contributed by atoms with Crippen molar-refractivity contribution in [2.24, 2.45) is 0 Å². The second-order valence-corrected chi connectivity index (χ2v) is 6.25. The van der Waals surface area contributed by atoms with Crippen molar-refractivity contribution in [3.8, 4) is 11.3 Å². The number of alkyl halides is 3. The van der Waals surface area contributed by atoms with Crippen LogP contribution < -0.4 is 4.68 Å². The monoisotopic (exact) mass is 349 g/mol. The van der Waals surface area contributed by atoms with Crippen molar-refractivity contribution in [3.63, 3.8) is 0 Å². The van der Waals surface area contributed by atoms with Crippen molar-refractivity contribution >= 4 is 10.1 Å². The van der Waals surface area contributed by atoms with E-state index in [0.29, 0.717) is 11.8 Å². The van der Waals surface area contributed by atoms with Crippen molar-refractivity contribution in [1.29, 1.82) is 0 Å². The van der Waals surface area contributed by atoms with Gasteiger partial charge >= 0.3 is 6.18 Å². The number of hydrogen-bond acceptors (Lipinski definition) is 6. The van der Waals surface area contributed by atoms with Gasteiger partial charge in [-0.2, -0.15) is 21.6 Å². The Hall–Kier alpha value is -2.14. The van der Waals surface area contributed by atoms with Gasteiger partial charge in [-0.15, -0.1) is 0 Å². The first-order valence-corrected chi connectivity index (χ1v) is 7.83. The Labute approximate surface area is 129 Å². The normalized spacial score (nSPS) is 12.3.